The number of nitrogens with two attached hydrogens (primary N) is 2. The van der Waals surface area contributed by atoms with Crippen LogP contribution in [0.1, 0.15) is 16.7 Å². The van der Waals surface area contributed by atoms with Crippen molar-refractivity contribution in [3.63, 3.8) is 0 Å². The lowest BCUT2D eigenvalue weighted by molar-refractivity contribution is 0.306. The quantitative estimate of drug-likeness (QED) is 0.406. The van der Waals surface area contributed by atoms with Gasteiger partial charge in [0.2, 0.25) is 0 Å². The van der Waals surface area contributed by atoms with Gasteiger partial charge in [-0.05, 0) is 47.0 Å². The predicted molar refractivity (Wildman–Crippen MR) is 105 cm³/mol. The van der Waals surface area contributed by atoms with E-state index in [9.17, 15) is 0 Å². The summed E-state index contributed by atoms with van der Waals surface area (Å²) >= 11 is 0. The third-order valence-corrected chi connectivity index (χ3v) is 4.03. The largest absolute Gasteiger partial charge is 0.489 e. The van der Waals surface area contributed by atoms with E-state index in [1.165, 1.54) is 0 Å². The number of ether oxygens (including phenoxy) is 1. The fourth-order valence-corrected chi connectivity index (χ4v) is 2.70. The fraction of sp³-hybridized carbons (Fsp3) is 0.0476. The second kappa shape index (κ2) is 7.53. The van der Waals surface area contributed by atoms with Crippen molar-refractivity contribution in [2.24, 2.45) is 11.5 Å². The Morgan fingerprint density at radius 2 is 1.54 bits per heavy atom. The van der Waals surface area contributed by atoms with E-state index >= 15 is 0 Å². The van der Waals surface area contributed by atoms with Gasteiger partial charge in [-0.1, -0.05) is 42.5 Å². The van der Waals surface area contributed by atoms with Crippen molar-refractivity contribution in [1.82, 2.24) is 0 Å². The van der Waals surface area contributed by atoms with Gasteiger partial charge in [0.25, 0.3) is 0 Å². The Morgan fingerprint density at radius 3 is 2.23 bits per heavy atom. The van der Waals surface area contributed by atoms with Crippen LogP contribution in [0.4, 0.5) is 0 Å². The fourth-order valence-electron chi connectivity index (χ4n) is 2.70. The molecule has 0 spiro atoms. The van der Waals surface area contributed by atoms with Crippen LogP contribution in [0.2, 0.25) is 0 Å². The van der Waals surface area contributed by atoms with Crippen molar-refractivity contribution < 1.29 is 4.74 Å². The second-order valence-electron chi connectivity index (χ2n) is 5.89. The monoisotopic (exact) mass is 344 g/mol. The van der Waals surface area contributed by atoms with E-state index in [1.54, 1.807) is 24.3 Å². The minimum absolute atomic E-state index is 0.0355. The van der Waals surface area contributed by atoms with E-state index in [4.69, 9.17) is 27.0 Å². The van der Waals surface area contributed by atoms with Crippen LogP contribution in [0.5, 0.6) is 5.75 Å². The molecular formula is C21H20N4O. The first-order chi connectivity index (χ1) is 12.5. The zero-order chi connectivity index (χ0) is 18.5. The van der Waals surface area contributed by atoms with E-state index in [0.717, 1.165) is 16.7 Å². The van der Waals surface area contributed by atoms with Crippen molar-refractivity contribution >= 4 is 11.7 Å². The van der Waals surface area contributed by atoms with Crippen molar-refractivity contribution in [2.75, 3.05) is 0 Å². The van der Waals surface area contributed by atoms with Crippen LogP contribution in [0.15, 0.2) is 72.8 Å². The van der Waals surface area contributed by atoms with Crippen LogP contribution in [-0.4, -0.2) is 11.7 Å². The molecule has 0 heterocycles. The number of nitrogen functional groups attached to an aromatic ring is 2. The molecule has 3 rings (SSSR count). The van der Waals surface area contributed by atoms with Gasteiger partial charge in [0, 0.05) is 11.1 Å². The summed E-state index contributed by atoms with van der Waals surface area (Å²) < 4.78 is 5.82. The molecule has 0 saturated heterocycles. The molecule has 5 heteroatoms. The summed E-state index contributed by atoms with van der Waals surface area (Å²) in [5.74, 6) is 0.797. The van der Waals surface area contributed by atoms with Crippen LogP contribution in [0.25, 0.3) is 11.1 Å². The Bertz CT molecular complexity index is 948. The maximum absolute atomic E-state index is 7.75. The predicted octanol–water partition coefficient (Wildman–Crippen LogP) is 3.50. The van der Waals surface area contributed by atoms with Crippen LogP contribution in [0.3, 0.4) is 0 Å². The van der Waals surface area contributed by atoms with E-state index in [2.05, 4.69) is 0 Å². The van der Waals surface area contributed by atoms with Gasteiger partial charge in [-0.25, -0.2) is 0 Å². The summed E-state index contributed by atoms with van der Waals surface area (Å²) in [6.45, 7) is 0.412. The van der Waals surface area contributed by atoms with Gasteiger partial charge in [0.1, 0.15) is 24.0 Å². The van der Waals surface area contributed by atoms with E-state index in [0.29, 0.717) is 23.5 Å². The van der Waals surface area contributed by atoms with Gasteiger partial charge in [-0.3, -0.25) is 10.8 Å². The van der Waals surface area contributed by atoms with Gasteiger partial charge < -0.3 is 16.2 Å². The van der Waals surface area contributed by atoms with Gasteiger partial charge in [0.05, 0.1) is 0 Å². The molecule has 130 valence electrons. The second-order valence-corrected chi connectivity index (χ2v) is 5.89. The van der Waals surface area contributed by atoms with E-state index in [-0.39, 0.29) is 11.7 Å². The molecule has 0 fully saturated rings. The van der Waals surface area contributed by atoms with Crippen molar-refractivity contribution in [3.05, 3.63) is 89.5 Å². The summed E-state index contributed by atoms with van der Waals surface area (Å²) in [6, 6.07) is 22.7. The molecule has 0 aliphatic rings. The molecule has 3 aromatic rings. The Labute approximate surface area is 152 Å². The van der Waals surface area contributed by atoms with E-state index in [1.807, 2.05) is 48.5 Å². The maximum atomic E-state index is 7.75. The zero-order valence-electron chi connectivity index (χ0n) is 14.2. The first kappa shape index (κ1) is 17.2. The van der Waals surface area contributed by atoms with Crippen LogP contribution >= 0.6 is 0 Å². The highest BCUT2D eigenvalue weighted by Gasteiger charge is 2.08. The highest BCUT2D eigenvalue weighted by Crippen LogP contribution is 2.25. The maximum Gasteiger partial charge on any atom is 0.123 e. The average Bonchev–Trinajstić information content (AvgIpc) is 2.67. The number of amidine groups is 2. The summed E-state index contributed by atoms with van der Waals surface area (Å²) in [5.41, 5.74) is 15.4. The van der Waals surface area contributed by atoms with E-state index < -0.39 is 0 Å². The molecule has 0 aromatic heterocycles. The van der Waals surface area contributed by atoms with Crippen molar-refractivity contribution in [1.29, 1.82) is 10.8 Å². The van der Waals surface area contributed by atoms with Crippen LogP contribution in [0, 0.1) is 10.8 Å². The Balaban J connectivity index is 1.78. The smallest absolute Gasteiger partial charge is 0.123 e. The van der Waals surface area contributed by atoms with Crippen molar-refractivity contribution in [2.45, 2.75) is 6.61 Å². The standard InChI is InChI=1S/C21H20N4O/c22-20(23)15-8-10-17(11-9-15)26-13-14-4-3-5-16(12-14)18-6-1-2-7-19(18)21(24)25/h1-12H,13H2,(H3,22,23)(H3,24,25). The molecule has 3 aromatic carbocycles. The Hall–Kier alpha value is -3.60. The average molecular weight is 344 g/mol. The molecule has 0 unspecified atom stereocenters. The third kappa shape index (κ3) is 3.89. The molecule has 0 radical (unpaired) electrons. The molecule has 26 heavy (non-hydrogen) atoms. The van der Waals surface area contributed by atoms with Gasteiger partial charge in [-0.2, -0.15) is 0 Å². The van der Waals surface area contributed by atoms with Crippen LogP contribution < -0.4 is 16.2 Å². The van der Waals surface area contributed by atoms with Gasteiger partial charge in [0.15, 0.2) is 0 Å². The normalized spacial score (nSPS) is 10.3. The lowest BCUT2D eigenvalue weighted by Crippen LogP contribution is -2.12. The summed E-state index contributed by atoms with van der Waals surface area (Å²) in [7, 11) is 0. The number of nitrogens with one attached hydrogen (secondary N) is 2. The molecule has 0 amide bonds. The SMILES string of the molecule is N=C(N)c1ccc(OCc2cccc(-c3ccccc3C(=N)N)c2)cc1. The zero-order valence-corrected chi connectivity index (χ0v) is 14.2. The summed E-state index contributed by atoms with van der Waals surface area (Å²) in [5, 5.41) is 15.2. The summed E-state index contributed by atoms with van der Waals surface area (Å²) in [4.78, 5) is 0. The molecule has 5 nitrogen and oxygen atoms in total. The Kier molecular flexibility index (Phi) is 4.99. The third-order valence-electron chi connectivity index (χ3n) is 4.03. The molecule has 6 N–H and O–H groups in total. The Morgan fingerprint density at radius 1 is 0.808 bits per heavy atom. The van der Waals surface area contributed by atoms with Crippen LogP contribution in [-0.2, 0) is 6.61 Å². The lowest BCUT2D eigenvalue weighted by Gasteiger charge is -2.11. The molecule has 0 aliphatic heterocycles. The summed E-state index contributed by atoms with van der Waals surface area (Å²) in [6.07, 6.45) is 0. The van der Waals surface area contributed by atoms with Crippen molar-refractivity contribution in [3.8, 4) is 16.9 Å². The topological polar surface area (TPSA) is 109 Å². The minimum Gasteiger partial charge on any atom is -0.489 e. The first-order valence-corrected chi connectivity index (χ1v) is 8.14. The molecule has 0 aliphatic carbocycles. The van der Waals surface area contributed by atoms with Gasteiger partial charge in [-0.15, -0.1) is 0 Å². The number of rotatable bonds is 6. The highest BCUT2D eigenvalue weighted by atomic mass is 16.5. The lowest BCUT2D eigenvalue weighted by atomic mass is 9.98. The minimum atomic E-state index is 0.0355. The highest BCUT2D eigenvalue weighted by molar-refractivity contribution is 6.01. The molecule has 0 bridgehead atoms. The van der Waals surface area contributed by atoms with Gasteiger partial charge >= 0.3 is 0 Å². The number of hydrogen-bond donors (Lipinski definition) is 4. The molecule has 0 atom stereocenters. The molecular weight excluding hydrogens is 324 g/mol. The molecule has 0 saturated carbocycles. The first-order valence-electron chi connectivity index (χ1n) is 8.14. The number of benzene rings is 3. The number of hydrogen-bond acceptors (Lipinski definition) is 3.